The molecule has 1 atom stereocenters. The maximum atomic E-state index is 13.0. The van der Waals surface area contributed by atoms with Crippen molar-refractivity contribution in [3.8, 4) is 5.75 Å². The van der Waals surface area contributed by atoms with Crippen molar-refractivity contribution in [2.75, 3.05) is 31.9 Å². The third-order valence-electron chi connectivity index (χ3n) is 7.70. The fraction of sp³-hybridized carbons (Fsp3) is 0.333. The van der Waals surface area contributed by atoms with Gasteiger partial charge in [0.05, 0.1) is 31.0 Å². The Morgan fingerprint density at radius 1 is 1.12 bits per heavy atom. The third kappa shape index (κ3) is 5.73. The van der Waals surface area contributed by atoms with Crippen LogP contribution in [0, 0.1) is 0 Å². The average Bonchev–Trinajstić information content (AvgIpc) is 3.69. The topological polar surface area (TPSA) is 83.8 Å². The Morgan fingerprint density at radius 3 is 2.85 bits per heavy atom. The lowest BCUT2D eigenvalue weighted by atomic mass is 9.85. The molecule has 1 unspecified atom stereocenters. The number of carbonyl (C=O) groups is 1. The highest BCUT2D eigenvalue weighted by atomic mass is 16.7. The van der Waals surface area contributed by atoms with E-state index >= 15 is 0 Å². The number of aryl methyl sites for hydroxylation is 1. The van der Waals surface area contributed by atoms with Crippen LogP contribution in [0.15, 0.2) is 84.9 Å². The molecule has 0 saturated heterocycles. The van der Waals surface area contributed by atoms with Gasteiger partial charge in [0.25, 0.3) is 0 Å². The number of pyridine rings is 1. The molecule has 0 saturated carbocycles. The predicted molar refractivity (Wildman–Crippen MR) is 157 cm³/mol. The van der Waals surface area contributed by atoms with Gasteiger partial charge in [-0.2, -0.15) is 0 Å². The molecule has 212 valence electrons. The number of nitrogens with zero attached hydrogens (tertiary/aromatic N) is 2. The Morgan fingerprint density at radius 2 is 2.02 bits per heavy atom. The molecule has 0 amide bonds. The van der Waals surface area contributed by atoms with E-state index in [0.29, 0.717) is 25.4 Å². The summed E-state index contributed by atoms with van der Waals surface area (Å²) in [6.45, 7) is 3.78. The van der Waals surface area contributed by atoms with Crippen molar-refractivity contribution in [1.29, 1.82) is 0 Å². The Kier molecular flexibility index (Phi) is 7.80. The molecule has 2 aliphatic heterocycles. The highest BCUT2D eigenvalue weighted by Gasteiger charge is 2.43. The second kappa shape index (κ2) is 12.0. The standard InChI is InChI=1S/C33H35N3O5/c1-2-39-32(37)21-33(31-22-38-23-41-31,20-24-7-4-3-5-8-24)36-17-14-25-19-27(11-13-30(25)36)40-18-15-26-10-12-28-29(35-26)9-6-16-34-28/h3-5,7-8,10-14,17,19,22,34H,2,6,9,15-16,18,20-21,23H2,1H3. The van der Waals surface area contributed by atoms with Crippen molar-refractivity contribution in [3.63, 3.8) is 0 Å². The van der Waals surface area contributed by atoms with Crippen molar-refractivity contribution in [2.24, 2.45) is 0 Å². The van der Waals surface area contributed by atoms with E-state index in [0.717, 1.165) is 65.1 Å². The number of nitrogens with one attached hydrogen (secondary N) is 1. The number of benzene rings is 2. The molecule has 0 radical (unpaired) electrons. The van der Waals surface area contributed by atoms with Crippen LogP contribution in [0.2, 0.25) is 0 Å². The summed E-state index contributed by atoms with van der Waals surface area (Å²) in [6.07, 6.45) is 7.10. The number of esters is 1. The van der Waals surface area contributed by atoms with Crippen molar-refractivity contribution in [2.45, 2.75) is 44.6 Å². The number of anilines is 1. The van der Waals surface area contributed by atoms with Gasteiger partial charge in [0.2, 0.25) is 6.79 Å². The van der Waals surface area contributed by atoms with Crippen LogP contribution in [-0.2, 0) is 43.8 Å². The van der Waals surface area contributed by atoms with Crippen molar-refractivity contribution >= 4 is 22.6 Å². The predicted octanol–water partition coefficient (Wildman–Crippen LogP) is 5.75. The van der Waals surface area contributed by atoms with E-state index in [1.165, 1.54) is 0 Å². The molecule has 0 aliphatic carbocycles. The van der Waals surface area contributed by atoms with Crippen molar-refractivity contribution in [1.82, 2.24) is 9.55 Å². The van der Waals surface area contributed by atoms with Crippen LogP contribution in [0.3, 0.4) is 0 Å². The monoisotopic (exact) mass is 553 g/mol. The van der Waals surface area contributed by atoms with Crippen LogP contribution in [0.5, 0.6) is 5.75 Å². The first-order valence-electron chi connectivity index (χ1n) is 14.3. The van der Waals surface area contributed by atoms with E-state index in [2.05, 4.69) is 34.1 Å². The Balaban J connectivity index is 1.27. The first-order valence-corrected chi connectivity index (χ1v) is 14.3. The van der Waals surface area contributed by atoms with Gasteiger partial charge in [0, 0.05) is 42.2 Å². The van der Waals surface area contributed by atoms with E-state index in [-0.39, 0.29) is 19.2 Å². The summed E-state index contributed by atoms with van der Waals surface area (Å²) in [4.78, 5) is 17.8. The molecule has 0 bridgehead atoms. The molecule has 2 aromatic carbocycles. The van der Waals surface area contributed by atoms with Crippen LogP contribution < -0.4 is 10.1 Å². The minimum atomic E-state index is -0.874. The number of aromatic nitrogens is 2. The van der Waals surface area contributed by atoms with Crippen LogP contribution in [-0.4, -0.2) is 42.1 Å². The first kappa shape index (κ1) is 26.7. The van der Waals surface area contributed by atoms with E-state index in [1.807, 2.05) is 55.6 Å². The molecule has 41 heavy (non-hydrogen) atoms. The summed E-state index contributed by atoms with van der Waals surface area (Å²) >= 11 is 0. The summed E-state index contributed by atoms with van der Waals surface area (Å²) in [7, 11) is 0. The lowest BCUT2D eigenvalue weighted by Crippen LogP contribution is -2.40. The van der Waals surface area contributed by atoms with Gasteiger partial charge in [0.15, 0.2) is 5.76 Å². The van der Waals surface area contributed by atoms with Crippen LogP contribution in [0.25, 0.3) is 10.9 Å². The van der Waals surface area contributed by atoms with Gasteiger partial charge >= 0.3 is 5.97 Å². The summed E-state index contributed by atoms with van der Waals surface area (Å²) < 4.78 is 25.2. The quantitative estimate of drug-likeness (QED) is 0.237. The minimum absolute atomic E-state index is 0.0935. The summed E-state index contributed by atoms with van der Waals surface area (Å²) in [5, 5.41) is 4.41. The van der Waals surface area contributed by atoms with Gasteiger partial charge in [-0.1, -0.05) is 30.3 Å². The zero-order valence-electron chi connectivity index (χ0n) is 23.3. The fourth-order valence-corrected chi connectivity index (χ4v) is 5.77. The molecule has 1 N–H and O–H groups in total. The van der Waals surface area contributed by atoms with Gasteiger partial charge in [-0.25, -0.2) is 0 Å². The maximum Gasteiger partial charge on any atom is 0.308 e. The molecule has 6 rings (SSSR count). The maximum absolute atomic E-state index is 13.0. The molecule has 0 spiro atoms. The summed E-state index contributed by atoms with van der Waals surface area (Å²) in [5.41, 5.74) is 4.48. The fourth-order valence-electron chi connectivity index (χ4n) is 5.77. The van der Waals surface area contributed by atoms with Crippen LogP contribution >= 0.6 is 0 Å². The molecule has 8 nitrogen and oxygen atoms in total. The lowest BCUT2D eigenvalue weighted by molar-refractivity contribution is -0.145. The van der Waals surface area contributed by atoms with E-state index in [4.69, 9.17) is 23.9 Å². The van der Waals surface area contributed by atoms with Crippen molar-refractivity contribution < 1.29 is 23.7 Å². The van der Waals surface area contributed by atoms with Crippen LogP contribution in [0.4, 0.5) is 5.69 Å². The van der Waals surface area contributed by atoms with Gasteiger partial charge in [-0.15, -0.1) is 0 Å². The zero-order chi connectivity index (χ0) is 28.1. The average molecular weight is 554 g/mol. The lowest BCUT2D eigenvalue weighted by Gasteiger charge is -2.35. The van der Waals surface area contributed by atoms with Gasteiger partial charge in [-0.3, -0.25) is 9.78 Å². The Hall–Kier alpha value is -4.46. The minimum Gasteiger partial charge on any atom is -0.493 e. The smallest absolute Gasteiger partial charge is 0.308 e. The molecule has 2 aliphatic rings. The van der Waals surface area contributed by atoms with Crippen LogP contribution in [0.1, 0.15) is 36.7 Å². The SMILES string of the molecule is CCOC(=O)CC(Cc1ccccc1)(C1=COCO1)n1ccc2cc(OCCc3ccc4c(n3)CCCN4)ccc21. The van der Waals surface area contributed by atoms with Crippen molar-refractivity contribution in [3.05, 3.63) is 102 Å². The largest absolute Gasteiger partial charge is 0.493 e. The second-order valence-electron chi connectivity index (χ2n) is 10.4. The number of allylic oxidation sites excluding steroid dienone is 1. The number of ether oxygens (including phenoxy) is 4. The van der Waals surface area contributed by atoms with Gasteiger partial charge in [-0.05, 0) is 61.7 Å². The summed E-state index contributed by atoms with van der Waals surface area (Å²) in [5.74, 6) is 1.08. The Bertz CT molecular complexity index is 1550. The highest BCUT2D eigenvalue weighted by Crippen LogP contribution is 2.40. The molecule has 4 aromatic rings. The number of rotatable bonds is 11. The second-order valence-corrected chi connectivity index (χ2v) is 10.4. The normalized spacial score (nSPS) is 15.6. The number of carbonyl (C=O) groups excluding carboxylic acids is 1. The Labute approximate surface area is 239 Å². The molecule has 8 heteroatoms. The summed E-state index contributed by atoms with van der Waals surface area (Å²) in [6, 6.07) is 22.4. The number of hydrogen-bond donors (Lipinski definition) is 1. The highest BCUT2D eigenvalue weighted by molar-refractivity contribution is 5.83. The molecule has 0 fully saturated rings. The molecule has 2 aromatic heterocycles. The number of hydrogen-bond acceptors (Lipinski definition) is 7. The van der Waals surface area contributed by atoms with Gasteiger partial charge in [0.1, 0.15) is 17.6 Å². The zero-order valence-corrected chi connectivity index (χ0v) is 23.3. The van der Waals surface area contributed by atoms with E-state index in [1.54, 1.807) is 6.26 Å². The molecular formula is C33H35N3O5. The first-order chi connectivity index (χ1) is 20.1. The van der Waals surface area contributed by atoms with E-state index < -0.39 is 5.54 Å². The third-order valence-corrected chi connectivity index (χ3v) is 7.70. The van der Waals surface area contributed by atoms with E-state index in [9.17, 15) is 4.79 Å². The number of fused-ring (bicyclic) bond motifs is 2. The molecular weight excluding hydrogens is 518 g/mol. The van der Waals surface area contributed by atoms with Gasteiger partial charge < -0.3 is 28.8 Å². The molecule has 4 heterocycles.